The number of carbonyl (C=O) groups excluding carboxylic acids is 2. The molecular weight excluding hydrogens is 346 g/mol. The maximum Gasteiger partial charge on any atom is 0.410 e. The van der Waals surface area contributed by atoms with E-state index < -0.39 is 25.5 Å². The second kappa shape index (κ2) is 6.52. The Labute approximate surface area is 149 Å². The summed E-state index contributed by atoms with van der Waals surface area (Å²) in [6.07, 6.45) is 0.281. The van der Waals surface area contributed by atoms with Crippen molar-refractivity contribution in [1.82, 2.24) is 9.80 Å². The highest BCUT2D eigenvalue weighted by molar-refractivity contribution is 6.78. The quantitative estimate of drug-likeness (QED) is 0.693. The monoisotopic (exact) mass is 376 g/mol. The molecule has 5 nitrogen and oxygen atoms in total. The maximum atomic E-state index is 14.1. The van der Waals surface area contributed by atoms with Crippen LogP contribution < -0.4 is 0 Å². The van der Waals surface area contributed by atoms with E-state index in [9.17, 15) is 18.4 Å². The molecule has 0 spiro atoms. The molecule has 1 atom stereocenters. The summed E-state index contributed by atoms with van der Waals surface area (Å²) in [5.41, 5.74) is -0.919. The molecule has 2 amide bonds. The molecule has 2 heterocycles. The fourth-order valence-corrected chi connectivity index (χ4v) is 5.59. The standard InChI is InChI=1S/C17H30F2N2O3Si/c1-16(2,3)24-15(23)20-9-7-12(8-10-20)21-13(25(4,5)6)11-17(18,19)14(21)22/h12-13H,7-11H2,1-6H3. The van der Waals surface area contributed by atoms with Crippen molar-refractivity contribution in [2.24, 2.45) is 0 Å². The van der Waals surface area contributed by atoms with E-state index in [1.165, 1.54) is 4.90 Å². The number of likely N-dealkylation sites (tertiary alicyclic amines) is 2. The van der Waals surface area contributed by atoms with E-state index in [0.717, 1.165) is 0 Å². The van der Waals surface area contributed by atoms with E-state index in [2.05, 4.69) is 0 Å². The predicted octanol–water partition coefficient (Wildman–Crippen LogP) is 3.50. The number of hydrogen-bond donors (Lipinski definition) is 0. The van der Waals surface area contributed by atoms with Gasteiger partial charge in [-0.3, -0.25) is 4.79 Å². The van der Waals surface area contributed by atoms with Gasteiger partial charge in [-0.2, -0.15) is 8.78 Å². The normalized spacial score (nSPS) is 25.4. The maximum absolute atomic E-state index is 14.1. The number of ether oxygens (including phenoxy) is 1. The van der Waals surface area contributed by atoms with Crippen LogP contribution in [0, 0.1) is 0 Å². The highest BCUT2D eigenvalue weighted by atomic mass is 28.3. The Kier molecular flexibility index (Phi) is 5.25. The average molecular weight is 377 g/mol. The van der Waals surface area contributed by atoms with Crippen LogP contribution >= 0.6 is 0 Å². The fraction of sp³-hybridized carbons (Fsp3) is 0.882. The number of rotatable bonds is 2. The minimum atomic E-state index is -3.26. The van der Waals surface area contributed by atoms with Crippen LogP contribution in [0.5, 0.6) is 0 Å². The molecular formula is C17H30F2N2O3Si. The summed E-state index contributed by atoms with van der Waals surface area (Å²) >= 11 is 0. The van der Waals surface area contributed by atoms with Crippen LogP contribution in [0.15, 0.2) is 0 Å². The molecule has 144 valence electrons. The molecule has 2 aliphatic heterocycles. The summed E-state index contributed by atoms with van der Waals surface area (Å²) < 4.78 is 33.5. The largest absolute Gasteiger partial charge is 0.444 e. The van der Waals surface area contributed by atoms with Crippen molar-refractivity contribution >= 4 is 20.1 Å². The number of carbonyl (C=O) groups is 2. The first-order valence-electron chi connectivity index (χ1n) is 8.91. The van der Waals surface area contributed by atoms with Crippen molar-refractivity contribution in [3.05, 3.63) is 0 Å². The van der Waals surface area contributed by atoms with Gasteiger partial charge in [-0.25, -0.2) is 4.79 Å². The van der Waals surface area contributed by atoms with E-state index in [1.807, 2.05) is 19.6 Å². The first-order chi connectivity index (χ1) is 11.2. The van der Waals surface area contributed by atoms with Gasteiger partial charge in [0, 0.05) is 31.2 Å². The van der Waals surface area contributed by atoms with E-state index in [1.54, 1.807) is 25.7 Å². The summed E-state index contributed by atoms with van der Waals surface area (Å²) in [5.74, 6) is -4.29. The van der Waals surface area contributed by atoms with Gasteiger partial charge in [-0.15, -0.1) is 0 Å². The molecule has 2 saturated heterocycles. The van der Waals surface area contributed by atoms with E-state index in [0.29, 0.717) is 25.9 Å². The Balaban J connectivity index is 2.06. The number of alkyl halides is 2. The summed E-state index contributed by atoms with van der Waals surface area (Å²) in [6.45, 7) is 12.3. The molecule has 0 aromatic heterocycles. The van der Waals surface area contributed by atoms with E-state index >= 15 is 0 Å². The summed E-state index contributed by atoms with van der Waals surface area (Å²) in [7, 11) is -1.95. The molecule has 1 unspecified atom stereocenters. The fourth-order valence-electron chi connectivity index (χ4n) is 3.56. The van der Waals surface area contributed by atoms with Gasteiger partial charge in [-0.05, 0) is 33.6 Å². The Morgan fingerprint density at radius 1 is 1.20 bits per heavy atom. The van der Waals surface area contributed by atoms with E-state index in [-0.39, 0.29) is 24.2 Å². The highest BCUT2D eigenvalue weighted by Crippen LogP contribution is 2.40. The third-order valence-corrected chi connectivity index (χ3v) is 7.32. The minimum Gasteiger partial charge on any atom is -0.444 e. The number of amides is 2. The number of halogens is 2. The molecule has 0 bridgehead atoms. The molecule has 0 N–H and O–H groups in total. The predicted molar refractivity (Wildman–Crippen MR) is 94.4 cm³/mol. The summed E-state index contributed by atoms with van der Waals surface area (Å²) in [6, 6.07) is -0.226. The van der Waals surface area contributed by atoms with Crippen molar-refractivity contribution in [1.29, 1.82) is 0 Å². The average Bonchev–Trinajstić information content (AvgIpc) is 2.68. The minimum absolute atomic E-state index is 0.226. The van der Waals surface area contributed by atoms with Crippen molar-refractivity contribution in [2.45, 2.75) is 82.9 Å². The second-order valence-corrected chi connectivity index (χ2v) is 14.6. The van der Waals surface area contributed by atoms with E-state index in [4.69, 9.17) is 4.74 Å². The molecule has 2 fully saturated rings. The lowest BCUT2D eigenvalue weighted by molar-refractivity contribution is -0.150. The molecule has 2 aliphatic rings. The van der Waals surface area contributed by atoms with Crippen molar-refractivity contribution < 1.29 is 23.1 Å². The first kappa shape index (κ1) is 20.1. The van der Waals surface area contributed by atoms with Gasteiger partial charge in [0.15, 0.2) is 0 Å². The topological polar surface area (TPSA) is 49.9 Å². The lowest BCUT2D eigenvalue weighted by Gasteiger charge is -2.42. The van der Waals surface area contributed by atoms with Gasteiger partial charge in [-0.1, -0.05) is 19.6 Å². The van der Waals surface area contributed by atoms with Gasteiger partial charge in [0.2, 0.25) is 0 Å². The zero-order chi connectivity index (χ0) is 19.2. The first-order valence-corrected chi connectivity index (χ1v) is 12.5. The Bertz CT molecular complexity index is 535. The molecule has 0 aromatic carbocycles. The highest BCUT2D eigenvalue weighted by Gasteiger charge is 2.58. The lowest BCUT2D eigenvalue weighted by atomic mass is 10.0. The third-order valence-electron chi connectivity index (χ3n) is 4.84. The van der Waals surface area contributed by atoms with Crippen LogP contribution in [0.3, 0.4) is 0 Å². The molecule has 0 aliphatic carbocycles. The molecule has 8 heteroatoms. The van der Waals surface area contributed by atoms with Crippen molar-refractivity contribution in [3.8, 4) is 0 Å². The van der Waals surface area contributed by atoms with Gasteiger partial charge in [0.25, 0.3) is 5.91 Å². The number of piperidine rings is 1. The van der Waals surface area contributed by atoms with Gasteiger partial charge >= 0.3 is 12.0 Å². The van der Waals surface area contributed by atoms with Gasteiger partial charge in [0.05, 0.1) is 8.07 Å². The number of hydrogen-bond acceptors (Lipinski definition) is 3. The molecule has 2 rings (SSSR count). The molecule has 0 saturated carbocycles. The molecule has 0 aromatic rings. The van der Waals surface area contributed by atoms with Crippen LogP contribution in [0.1, 0.15) is 40.0 Å². The summed E-state index contributed by atoms with van der Waals surface area (Å²) in [5, 5.41) is 0. The Morgan fingerprint density at radius 3 is 2.16 bits per heavy atom. The third kappa shape index (κ3) is 4.51. The van der Waals surface area contributed by atoms with Crippen molar-refractivity contribution in [3.63, 3.8) is 0 Å². The lowest BCUT2D eigenvalue weighted by Crippen LogP contribution is -2.56. The summed E-state index contributed by atoms with van der Waals surface area (Å²) in [4.78, 5) is 27.5. The van der Waals surface area contributed by atoms with Crippen LogP contribution in [-0.2, 0) is 9.53 Å². The van der Waals surface area contributed by atoms with Crippen molar-refractivity contribution in [2.75, 3.05) is 13.1 Å². The van der Waals surface area contributed by atoms with Crippen LogP contribution in [0.25, 0.3) is 0 Å². The van der Waals surface area contributed by atoms with Crippen LogP contribution in [0.4, 0.5) is 13.6 Å². The smallest absolute Gasteiger partial charge is 0.410 e. The Morgan fingerprint density at radius 2 is 1.72 bits per heavy atom. The van der Waals surface area contributed by atoms with Gasteiger partial charge < -0.3 is 14.5 Å². The molecule has 0 radical (unpaired) electrons. The van der Waals surface area contributed by atoms with Gasteiger partial charge in [0.1, 0.15) is 5.60 Å². The zero-order valence-corrected chi connectivity index (χ0v) is 17.1. The zero-order valence-electron chi connectivity index (χ0n) is 16.1. The number of nitrogens with zero attached hydrogens (tertiary/aromatic N) is 2. The Hall–Kier alpha value is -1.18. The van der Waals surface area contributed by atoms with Crippen LogP contribution in [0.2, 0.25) is 19.6 Å². The SMILES string of the molecule is CC(C)(C)OC(=O)N1CCC(N2C(=O)C(F)(F)CC2[Si](C)(C)C)CC1. The molecule has 25 heavy (non-hydrogen) atoms. The second-order valence-electron chi connectivity index (χ2n) is 9.20. The van der Waals surface area contributed by atoms with Crippen LogP contribution in [-0.4, -0.2) is 66.2 Å².